The van der Waals surface area contributed by atoms with Gasteiger partial charge < -0.3 is 5.73 Å². The van der Waals surface area contributed by atoms with E-state index >= 15 is 0 Å². The van der Waals surface area contributed by atoms with E-state index in [1.54, 1.807) is 13.0 Å². The van der Waals surface area contributed by atoms with E-state index in [0.717, 1.165) is 30.4 Å². The molecule has 0 spiro atoms. The van der Waals surface area contributed by atoms with Crippen molar-refractivity contribution in [2.75, 3.05) is 0 Å². The van der Waals surface area contributed by atoms with Crippen LogP contribution < -0.4 is 5.73 Å². The van der Waals surface area contributed by atoms with Gasteiger partial charge in [0.1, 0.15) is 5.82 Å². The minimum atomic E-state index is -0.129. The minimum absolute atomic E-state index is 0.0406. The third-order valence-electron chi connectivity index (χ3n) is 2.78. The highest BCUT2D eigenvalue weighted by Gasteiger charge is 2.17. The Labute approximate surface area is 77.8 Å². The molecular weight excluding hydrogens is 165 g/mol. The maximum atomic E-state index is 13.2. The highest BCUT2D eigenvalue weighted by molar-refractivity contribution is 5.36. The summed E-state index contributed by atoms with van der Waals surface area (Å²) in [5, 5.41) is 0. The first-order chi connectivity index (χ1) is 6.18. The summed E-state index contributed by atoms with van der Waals surface area (Å²) in [6, 6.07) is 3.58. The monoisotopic (exact) mass is 179 g/mol. The van der Waals surface area contributed by atoms with Gasteiger partial charge in [0, 0.05) is 6.04 Å². The lowest BCUT2D eigenvalue weighted by atomic mass is 9.87. The molecule has 1 atom stereocenters. The lowest BCUT2D eigenvalue weighted by molar-refractivity contribution is 0.554. The molecule has 1 nitrogen and oxygen atoms in total. The van der Waals surface area contributed by atoms with Crippen LogP contribution in [0.3, 0.4) is 0 Å². The normalized spacial score (nSPS) is 21.3. The number of benzene rings is 1. The van der Waals surface area contributed by atoms with Crippen molar-refractivity contribution in [3.8, 4) is 0 Å². The molecule has 0 radical (unpaired) electrons. The van der Waals surface area contributed by atoms with E-state index in [2.05, 4.69) is 0 Å². The van der Waals surface area contributed by atoms with Crippen LogP contribution in [0.25, 0.3) is 0 Å². The molecule has 1 aliphatic rings. The van der Waals surface area contributed by atoms with Gasteiger partial charge in [0.25, 0.3) is 0 Å². The smallest absolute Gasteiger partial charge is 0.126 e. The molecule has 2 rings (SSSR count). The third kappa shape index (κ3) is 1.46. The van der Waals surface area contributed by atoms with Gasteiger partial charge in [-0.2, -0.15) is 0 Å². The standard InChI is InChI=1S/C11H14FN/c1-7-5-8-3-2-4-11(13)9(8)6-10(7)12/h5-6,11H,2-4,13H2,1H3/t11-/m0/s1. The molecule has 0 unspecified atom stereocenters. The lowest BCUT2D eigenvalue weighted by Gasteiger charge is -2.22. The predicted octanol–water partition coefficient (Wildman–Crippen LogP) is 2.47. The van der Waals surface area contributed by atoms with Crippen molar-refractivity contribution in [2.24, 2.45) is 5.73 Å². The van der Waals surface area contributed by atoms with Gasteiger partial charge in [0.2, 0.25) is 0 Å². The highest BCUT2D eigenvalue weighted by Crippen LogP contribution is 2.29. The summed E-state index contributed by atoms with van der Waals surface area (Å²) in [7, 11) is 0. The van der Waals surface area contributed by atoms with Crippen LogP contribution in [0.15, 0.2) is 12.1 Å². The Bertz CT molecular complexity index is 333. The SMILES string of the molecule is Cc1cc2c(cc1F)[C@@H](N)CCC2. The molecule has 2 N–H and O–H groups in total. The Morgan fingerprint density at radius 2 is 2.23 bits per heavy atom. The zero-order valence-corrected chi connectivity index (χ0v) is 7.81. The summed E-state index contributed by atoms with van der Waals surface area (Å²) >= 11 is 0. The lowest BCUT2D eigenvalue weighted by Crippen LogP contribution is -2.17. The van der Waals surface area contributed by atoms with Gasteiger partial charge in [0.15, 0.2) is 0 Å². The summed E-state index contributed by atoms with van der Waals surface area (Å²) < 4.78 is 13.2. The second-order valence-corrected chi connectivity index (χ2v) is 3.80. The summed E-state index contributed by atoms with van der Waals surface area (Å²) in [6.07, 6.45) is 3.15. The molecule has 2 heteroatoms. The number of halogens is 1. The van der Waals surface area contributed by atoms with E-state index < -0.39 is 0 Å². The number of fused-ring (bicyclic) bond motifs is 1. The molecule has 0 amide bonds. The Morgan fingerprint density at radius 3 is 3.00 bits per heavy atom. The molecule has 1 aliphatic carbocycles. The molecule has 0 aromatic heterocycles. The quantitative estimate of drug-likeness (QED) is 0.650. The average Bonchev–Trinajstić information content (AvgIpc) is 2.09. The van der Waals surface area contributed by atoms with Crippen LogP contribution in [0.1, 0.15) is 35.6 Å². The first-order valence-electron chi connectivity index (χ1n) is 4.73. The van der Waals surface area contributed by atoms with E-state index in [4.69, 9.17) is 5.73 Å². The van der Waals surface area contributed by atoms with Crippen molar-refractivity contribution >= 4 is 0 Å². The van der Waals surface area contributed by atoms with Crippen molar-refractivity contribution < 1.29 is 4.39 Å². The molecule has 1 aromatic carbocycles. The van der Waals surface area contributed by atoms with Crippen LogP contribution in [0.2, 0.25) is 0 Å². The largest absolute Gasteiger partial charge is 0.324 e. The molecule has 0 bridgehead atoms. The highest BCUT2D eigenvalue weighted by atomic mass is 19.1. The van der Waals surface area contributed by atoms with Gasteiger partial charge in [-0.3, -0.25) is 0 Å². The van der Waals surface area contributed by atoms with E-state index in [0.29, 0.717) is 0 Å². The first kappa shape index (κ1) is 8.70. The van der Waals surface area contributed by atoms with Crippen molar-refractivity contribution in [1.29, 1.82) is 0 Å². The molecule has 70 valence electrons. The van der Waals surface area contributed by atoms with E-state index in [1.807, 2.05) is 6.07 Å². The number of rotatable bonds is 0. The van der Waals surface area contributed by atoms with Crippen LogP contribution in [0.4, 0.5) is 4.39 Å². The molecule has 0 heterocycles. The Kier molecular flexibility index (Phi) is 2.08. The van der Waals surface area contributed by atoms with Gasteiger partial charge in [-0.05, 0) is 48.9 Å². The molecule has 0 saturated heterocycles. The van der Waals surface area contributed by atoms with Crippen LogP contribution in [-0.2, 0) is 6.42 Å². The van der Waals surface area contributed by atoms with E-state index in [-0.39, 0.29) is 11.9 Å². The second-order valence-electron chi connectivity index (χ2n) is 3.80. The van der Waals surface area contributed by atoms with Crippen molar-refractivity contribution in [1.82, 2.24) is 0 Å². The zero-order valence-electron chi connectivity index (χ0n) is 7.81. The molecule has 13 heavy (non-hydrogen) atoms. The summed E-state index contributed by atoms with van der Waals surface area (Å²) in [5.74, 6) is -0.129. The fraction of sp³-hybridized carbons (Fsp3) is 0.455. The number of hydrogen-bond acceptors (Lipinski definition) is 1. The van der Waals surface area contributed by atoms with Crippen LogP contribution in [0.5, 0.6) is 0 Å². The van der Waals surface area contributed by atoms with Crippen LogP contribution in [-0.4, -0.2) is 0 Å². The second kappa shape index (κ2) is 3.11. The van der Waals surface area contributed by atoms with E-state index in [9.17, 15) is 4.39 Å². The Hall–Kier alpha value is -0.890. The topological polar surface area (TPSA) is 26.0 Å². The summed E-state index contributed by atoms with van der Waals surface area (Å²) in [5.41, 5.74) is 8.87. The maximum absolute atomic E-state index is 13.2. The third-order valence-corrected chi connectivity index (χ3v) is 2.78. The van der Waals surface area contributed by atoms with E-state index in [1.165, 1.54) is 5.56 Å². The Morgan fingerprint density at radius 1 is 1.46 bits per heavy atom. The van der Waals surface area contributed by atoms with Gasteiger partial charge in [0.05, 0.1) is 0 Å². The van der Waals surface area contributed by atoms with Gasteiger partial charge >= 0.3 is 0 Å². The average molecular weight is 179 g/mol. The number of hydrogen-bond donors (Lipinski definition) is 1. The van der Waals surface area contributed by atoms with Crippen molar-refractivity contribution in [3.05, 3.63) is 34.6 Å². The summed E-state index contributed by atoms with van der Waals surface area (Å²) in [4.78, 5) is 0. The fourth-order valence-corrected chi connectivity index (χ4v) is 1.99. The van der Waals surface area contributed by atoms with Gasteiger partial charge in [-0.1, -0.05) is 6.07 Å². The zero-order chi connectivity index (χ0) is 9.42. The maximum Gasteiger partial charge on any atom is 0.126 e. The van der Waals surface area contributed by atoms with Crippen molar-refractivity contribution in [2.45, 2.75) is 32.2 Å². The van der Waals surface area contributed by atoms with Gasteiger partial charge in [-0.15, -0.1) is 0 Å². The molecule has 0 saturated carbocycles. The van der Waals surface area contributed by atoms with Crippen LogP contribution >= 0.6 is 0 Å². The molecule has 1 aromatic rings. The summed E-state index contributed by atoms with van der Waals surface area (Å²) in [6.45, 7) is 1.80. The minimum Gasteiger partial charge on any atom is -0.324 e. The number of nitrogens with two attached hydrogens (primary N) is 1. The van der Waals surface area contributed by atoms with Gasteiger partial charge in [-0.25, -0.2) is 4.39 Å². The predicted molar refractivity (Wildman–Crippen MR) is 51.0 cm³/mol. The van der Waals surface area contributed by atoms with Crippen molar-refractivity contribution in [3.63, 3.8) is 0 Å². The molecular formula is C11H14FN. The first-order valence-corrected chi connectivity index (χ1v) is 4.73. The molecule has 0 aliphatic heterocycles. The Balaban J connectivity index is 2.52. The van der Waals surface area contributed by atoms with Crippen LogP contribution in [0, 0.1) is 12.7 Å². The molecule has 0 fully saturated rings. The fourth-order valence-electron chi connectivity index (χ4n) is 1.99. The number of aryl methyl sites for hydroxylation is 2.